The standard InChI is InChI=1S/C16H16N2O/c1-16(2)9-8-12-11(15(16)19)6-7-14(18-12)13-5-3-4-10-17-13/h3-7,10H,8-9H2,1-2H3. The highest BCUT2D eigenvalue weighted by Crippen LogP contribution is 2.34. The van der Waals surface area contributed by atoms with Crippen molar-refractivity contribution >= 4 is 5.78 Å². The monoisotopic (exact) mass is 252 g/mol. The number of aryl methyl sites for hydroxylation is 1. The molecule has 0 unspecified atom stereocenters. The molecule has 0 saturated heterocycles. The third kappa shape index (κ3) is 2.05. The molecular formula is C16H16N2O. The number of hydrogen-bond donors (Lipinski definition) is 0. The molecule has 0 radical (unpaired) electrons. The molecule has 3 heteroatoms. The van der Waals surface area contributed by atoms with Crippen molar-refractivity contribution in [1.29, 1.82) is 0 Å². The highest BCUT2D eigenvalue weighted by atomic mass is 16.1. The number of hydrogen-bond acceptors (Lipinski definition) is 3. The van der Waals surface area contributed by atoms with Gasteiger partial charge in [-0.15, -0.1) is 0 Å². The Morgan fingerprint density at radius 1 is 1.11 bits per heavy atom. The van der Waals surface area contributed by atoms with Crippen molar-refractivity contribution in [2.75, 3.05) is 0 Å². The van der Waals surface area contributed by atoms with Crippen molar-refractivity contribution in [3.05, 3.63) is 47.8 Å². The molecule has 2 aromatic heterocycles. The maximum absolute atomic E-state index is 12.3. The van der Waals surface area contributed by atoms with Gasteiger partial charge in [0.1, 0.15) is 0 Å². The molecule has 19 heavy (non-hydrogen) atoms. The first-order valence-electron chi connectivity index (χ1n) is 6.54. The number of pyridine rings is 2. The summed E-state index contributed by atoms with van der Waals surface area (Å²) in [5.41, 5.74) is 3.11. The minimum Gasteiger partial charge on any atom is -0.294 e. The molecule has 0 aliphatic heterocycles. The molecule has 1 aliphatic rings. The zero-order chi connectivity index (χ0) is 13.5. The molecule has 0 N–H and O–H groups in total. The molecule has 0 atom stereocenters. The number of rotatable bonds is 1. The quantitative estimate of drug-likeness (QED) is 0.782. The van der Waals surface area contributed by atoms with Crippen LogP contribution in [0.1, 0.15) is 36.3 Å². The van der Waals surface area contributed by atoms with Gasteiger partial charge in [-0.2, -0.15) is 0 Å². The predicted octanol–water partition coefficient (Wildman–Crippen LogP) is 3.30. The summed E-state index contributed by atoms with van der Waals surface area (Å²) in [6, 6.07) is 9.55. The fraction of sp³-hybridized carbons (Fsp3) is 0.312. The topological polar surface area (TPSA) is 42.9 Å². The Bertz CT molecular complexity index is 632. The largest absolute Gasteiger partial charge is 0.294 e. The summed E-state index contributed by atoms with van der Waals surface area (Å²) >= 11 is 0. The van der Waals surface area contributed by atoms with E-state index in [4.69, 9.17) is 0 Å². The lowest BCUT2D eigenvalue weighted by molar-refractivity contribution is 0.0809. The number of fused-ring (bicyclic) bond motifs is 1. The van der Waals surface area contributed by atoms with Crippen molar-refractivity contribution in [3.8, 4) is 11.4 Å². The second kappa shape index (κ2) is 4.26. The summed E-state index contributed by atoms with van der Waals surface area (Å²) < 4.78 is 0. The number of aromatic nitrogens is 2. The summed E-state index contributed by atoms with van der Waals surface area (Å²) in [4.78, 5) is 21.2. The zero-order valence-electron chi connectivity index (χ0n) is 11.2. The predicted molar refractivity (Wildman–Crippen MR) is 73.9 cm³/mol. The lowest BCUT2D eigenvalue weighted by atomic mass is 9.75. The maximum Gasteiger partial charge on any atom is 0.170 e. The SMILES string of the molecule is CC1(C)CCc2nc(-c3ccccn3)ccc2C1=O. The van der Waals surface area contributed by atoms with Crippen LogP contribution in [0.3, 0.4) is 0 Å². The fourth-order valence-electron chi connectivity index (χ4n) is 2.46. The van der Waals surface area contributed by atoms with Gasteiger partial charge in [-0.3, -0.25) is 14.8 Å². The highest BCUT2D eigenvalue weighted by Gasteiger charge is 2.34. The molecule has 3 rings (SSSR count). The Morgan fingerprint density at radius 2 is 1.95 bits per heavy atom. The van der Waals surface area contributed by atoms with Crippen molar-refractivity contribution in [2.24, 2.45) is 5.41 Å². The Kier molecular flexibility index (Phi) is 2.70. The second-order valence-electron chi connectivity index (χ2n) is 5.62. The van der Waals surface area contributed by atoms with Crippen molar-refractivity contribution in [2.45, 2.75) is 26.7 Å². The Labute approximate surface area is 112 Å². The van der Waals surface area contributed by atoms with Crippen molar-refractivity contribution in [3.63, 3.8) is 0 Å². The van der Waals surface area contributed by atoms with Gasteiger partial charge in [0.25, 0.3) is 0 Å². The maximum atomic E-state index is 12.3. The molecule has 0 amide bonds. The van der Waals surface area contributed by atoms with Crippen molar-refractivity contribution in [1.82, 2.24) is 9.97 Å². The molecule has 0 saturated carbocycles. The van der Waals surface area contributed by atoms with E-state index in [1.54, 1.807) is 6.20 Å². The number of carbonyl (C=O) groups is 1. The van der Waals surface area contributed by atoms with Gasteiger partial charge in [0.15, 0.2) is 5.78 Å². The lowest BCUT2D eigenvalue weighted by Crippen LogP contribution is -2.31. The smallest absolute Gasteiger partial charge is 0.170 e. The number of nitrogens with zero attached hydrogens (tertiary/aromatic N) is 2. The van der Waals surface area contributed by atoms with Crippen molar-refractivity contribution < 1.29 is 4.79 Å². The van der Waals surface area contributed by atoms with E-state index in [2.05, 4.69) is 9.97 Å². The van der Waals surface area contributed by atoms with E-state index in [9.17, 15) is 4.79 Å². The van der Waals surface area contributed by atoms with Crippen LogP contribution in [0, 0.1) is 5.41 Å². The summed E-state index contributed by atoms with van der Waals surface area (Å²) in [5.74, 6) is 0.203. The molecule has 0 fully saturated rings. The van der Waals surface area contributed by atoms with E-state index in [0.29, 0.717) is 0 Å². The number of ketones is 1. The first-order chi connectivity index (χ1) is 9.08. The summed E-state index contributed by atoms with van der Waals surface area (Å²) in [6.45, 7) is 4.01. The number of Topliss-reactive ketones (excluding diaryl/α,β-unsaturated/α-hetero) is 1. The van der Waals surface area contributed by atoms with Gasteiger partial charge in [0.05, 0.1) is 17.1 Å². The molecular weight excluding hydrogens is 236 g/mol. The minimum absolute atomic E-state index is 0.203. The average Bonchev–Trinajstić information content (AvgIpc) is 2.44. The van der Waals surface area contributed by atoms with E-state index in [0.717, 1.165) is 35.5 Å². The molecule has 0 bridgehead atoms. The van der Waals surface area contributed by atoms with Crippen LogP contribution in [0.2, 0.25) is 0 Å². The third-order valence-corrected chi connectivity index (χ3v) is 3.75. The normalized spacial score (nSPS) is 17.1. The molecule has 3 nitrogen and oxygen atoms in total. The van der Waals surface area contributed by atoms with E-state index in [-0.39, 0.29) is 11.2 Å². The average molecular weight is 252 g/mol. The molecule has 1 aliphatic carbocycles. The highest BCUT2D eigenvalue weighted by molar-refractivity contribution is 6.02. The van der Waals surface area contributed by atoms with Crippen LogP contribution in [-0.4, -0.2) is 15.8 Å². The van der Waals surface area contributed by atoms with Crippen LogP contribution in [-0.2, 0) is 6.42 Å². The first kappa shape index (κ1) is 12.0. The van der Waals surface area contributed by atoms with Gasteiger partial charge in [-0.25, -0.2) is 0 Å². The Hall–Kier alpha value is -2.03. The molecule has 96 valence electrons. The Balaban J connectivity index is 2.05. The van der Waals surface area contributed by atoms with Crippen LogP contribution in [0.15, 0.2) is 36.5 Å². The zero-order valence-corrected chi connectivity index (χ0v) is 11.2. The van der Waals surface area contributed by atoms with Gasteiger partial charge in [-0.1, -0.05) is 19.9 Å². The van der Waals surface area contributed by atoms with Crippen LogP contribution >= 0.6 is 0 Å². The third-order valence-electron chi connectivity index (χ3n) is 3.75. The van der Waals surface area contributed by atoms with Crippen LogP contribution < -0.4 is 0 Å². The van der Waals surface area contributed by atoms with Crippen LogP contribution in [0.25, 0.3) is 11.4 Å². The van der Waals surface area contributed by atoms with E-state index in [1.165, 1.54) is 0 Å². The Morgan fingerprint density at radius 3 is 2.68 bits per heavy atom. The van der Waals surface area contributed by atoms with E-state index >= 15 is 0 Å². The second-order valence-corrected chi connectivity index (χ2v) is 5.62. The minimum atomic E-state index is -0.263. The fourth-order valence-corrected chi connectivity index (χ4v) is 2.46. The first-order valence-corrected chi connectivity index (χ1v) is 6.54. The van der Waals surface area contributed by atoms with E-state index < -0.39 is 0 Å². The van der Waals surface area contributed by atoms with Crippen LogP contribution in [0.5, 0.6) is 0 Å². The van der Waals surface area contributed by atoms with Crippen LogP contribution in [0.4, 0.5) is 0 Å². The molecule has 2 aromatic rings. The van der Waals surface area contributed by atoms with Gasteiger partial charge >= 0.3 is 0 Å². The lowest BCUT2D eigenvalue weighted by Gasteiger charge is -2.29. The summed E-state index contributed by atoms with van der Waals surface area (Å²) in [5, 5.41) is 0. The van der Waals surface area contributed by atoms with Gasteiger partial charge in [0.2, 0.25) is 0 Å². The molecule has 0 aromatic carbocycles. The van der Waals surface area contributed by atoms with Gasteiger partial charge < -0.3 is 0 Å². The number of carbonyl (C=O) groups excluding carboxylic acids is 1. The summed E-state index contributed by atoms with van der Waals surface area (Å²) in [6.07, 6.45) is 3.47. The molecule has 2 heterocycles. The van der Waals surface area contributed by atoms with E-state index in [1.807, 2.05) is 44.2 Å². The van der Waals surface area contributed by atoms with Gasteiger partial charge in [0, 0.05) is 17.2 Å². The molecule has 0 spiro atoms. The summed E-state index contributed by atoms with van der Waals surface area (Å²) in [7, 11) is 0. The van der Waals surface area contributed by atoms with Gasteiger partial charge in [-0.05, 0) is 37.1 Å².